The number of piperidine rings is 1. The predicted octanol–water partition coefficient (Wildman–Crippen LogP) is 2.62. The molecule has 0 bridgehead atoms. The molecule has 2 aromatic carbocycles. The average Bonchev–Trinajstić information content (AvgIpc) is 2.87. The molecule has 2 aromatic rings. The normalized spacial score (nSPS) is 18.5. The van der Waals surface area contributed by atoms with E-state index in [2.05, 4.69) is 0 Å². The van der Waals surface area contributed by atoms with E-state index in [0.29, 0.717) is 39.0 Å². The van der Waals surface area contributed by atoms with Gasteiger partial charge in [-0.15, -0.1) is 0 Å². The van der Waals surface area contributed by atoms with Crippen LogP contribution in [0.25, 0.3) is 0 Å². The highest BCUT2D eigenvalue weighted by molar-refractivity contribution is 7.89. The van der Waals surface area contributed by atoms with Gasteiger partial charge in [-0.2, -0.15) is 4.31 Å². The summed E-state index contributed by atoms with van der Waals surface area (Å²) < 4.78 is 54.5. The van der Waals surface area contributed by atoms with Gasteiger partial charge < -0.3 is 4.90 Å². The van der Waals surface area contributed by atoms with Crippen LogP contribution in [-0.2, 0) is 21.4 Å². The van der Waals surface area contributed by atoms with E-state index in [9.17, 15) is 32.1 Å². The zero-order chi connectivity index (χ0) is 25.2. The zero-order valence-corrected chi connectivity index (χ0v) is 19.8. The lowest BCUT2D eigenvalue weighted by atomic mass is 9.96. The van der Waals surface area contributed by atoms with Gasteiger partial charge in [0.05, 0.1) is 9.82 Å². The Kier molecular flexibility index (Phi) is 7.43. The summed E-state index contributed by atoms with van der Waals surface area (Å²) in [5.41, 5.74) is 0.0980. The fourth-order valence-electron chi connectivity index (χ4n) is 4.53. The Hall–Kier alpha value is -2.96. The molecule has 2 aliphatic heterocycles. The number of nitro groups is 1. The molecule has 35 heavy (non-hydrogen) atoms. The predicted molar refractivity (Wildman–Crippen MR) is 123 cm³/mol. The van der Waals surface area contributed by atoms with Gasteiger partial charge in [-0.3, -0.25) is 19.8 Å². The number of non-ortho nitro benzene ring substituents is 1. The average molecular weight is 509 g/mol. The van der Waals surface area contributed by atoms with Crippen molar-refractivity contribution in [1.29, 1.82) is 0 Å². The molecule has 0 aliphatic carbocycles. The standard InChI is InChI=1S/C23H26F2N4O5S/c24-21-3-1-2-18(22(21)25)16-26-12-14-27(15-13-26)23(30)17-8-10-28(11-9-17)35(33,34)20-6-4-19(5-7-20)29(31)32/h1-7,17H,8-16H2. The minimum Gasteiger partial charge on any atom is -0.340 e. The van der Waals surface area contributed by atoms with Crippen molar-refractivity contribution in [2.75, 3.05) is 39.3 Å². The van der Waals surface area contributed by atoms with Crippen molar-refractivity contribution in [2.24, 2.45) is 5.92 Å². The summed E-state index contributed by atoms with van der Waals surface area (Å²) in [5.74, 6) is -2.03. The van der Waals surface area contributed by atoms with Crippen LogP contribution in [-0.4, -0.2) is 72.6 Å². The summed E-state index contributed by atoms with van der Waals surface area (Å²) in [6, 6.07) is 8.87. The largest absolute Gasteiger partial charge is 0.340 e. The smallest absolute Gasteiger partial charge is 0.269 e. The van der Waals surface area contributed by atoms with Crippen molar-refractivity contribution in [2.45, 2.75) is 24.3 Å². The first-order valence-electron chi connectivity index (χ1n) is 11.4. The summed E-state index contributed by atoms with van der Waals surface area (Å²) in [6.45, 7) is 2.66. The van der Waals surface area contributed by atoms with Crippen LogP contribution in [0.5, 0.6) is 0 Å². The number of carbonyl (C=O) groups excluding carboxylic acids is 1. The second-order valence-corrected chi connectivity index (χ2v) is 10.7. The van der Waals surface area contributed by atoms with Gasteiger partial charge in [-0.1, -0.05) is 12.1 Å². The number of halogens is 2. The maximum atomic E-state index is 13.9. The molecule has 2 heterocycles. The molecule has 0 saturated carbocycles. The Morgan fingerprint density at radius 3 is 2.20 bits per heavy atom. The van der Waals surface area contributed by atoms with E-state index in [1.807, 2.05) is 4.90 Å². The van der Waals surface area contributed by atoms with E-state index in [1.165, 1.54) is 22.5 Å². The number of sulfonamides is 1. The first-order valence-corrected chi connectivity index (χ1v) is 12.8. The Bertz CT molecular complexity index is 1190. The van der Waals surface area contributed by atoms with Crippen molar-refractivity contribution in [3.63, 3.8) is 0 Å². The number of amides is 1. The number of hydrogen-bond acceptors (Lipinski definition) is 6. The summed E-state index contributed by atoms with van der Waals surface area (Å²) in [7, 11) is -3.80. The maximum Gasteiger partial charge on any atom is 0.269 e. The van der Waals surface area contributed by atoms with Crippen LogP contribution in [0.4, 0.5) is 14.5 Å². The van der Waals surface area contributed by atoms with Gasteiger partial charge >= 0.3 is 0 Å². The van der Waals surface area contributed by atoms with E-state index in [1.54, 1.807) is 11.0 Å². The summed E-state index contributed by atoms with van der Waals surface area (Å²) in [5, 5.41) is 10.8. The van der Waals surface area contributed by atoms with E-state index < -0.39 is 26.6 Å². The molecule has 0 unspecified atom stereocenters. The van der Waals surface area contributed by atoms with Crippen molar-refractivity contribution < 1.29 is 26.9 Å². The summed E-state index contributed by atoms with van der Waals surface area (Å²) >= 11 is 0. The number of carbonyl (C=O) groups is 1. The number of piperazine rings is 1. The highest BCUT2D eigenvalue weighted by atomic mass is 32.2. The molecule has 0 N–H and O–H groups in total. The molecule has 4 rings (SSSR count). The molecule has 9 nitrogen and oxygen atoms in total. The first-order chi connectivity index (χ1) is 16.7. The molecule has 0 spiro atoms. The first kappa shape index (κ1) is 25.1. The number of rotatable bonds is 6. The quantitative estimate of drug-likeness (QED) is 0.439. The fraction of sp³-hybridized carbons (Fsp3) is 0.435. The molecule has 2 fully saturated rings. The van der Waals surface area contributed by atoms with Crippen molar-refractivity contribution in [3.8, 4) is 0 Å². The van der Waals surface area contributed by atoms with E-state index in [-0.39, 0.29) is 47.6 Å². The number of benzene rings is 2. The van der Waals surface area contributed by atoms with Crippen LogP contribution in [0.1, 0.15) is 18.4 Å². The van der Waals surface area contributed by atoms with Crippen LogP contribution in [0.3, 0.4) is 0 Å². The van der Waals surface area contributed by atoms with Gasteiger partial charge in [0.25, 0.3) is 5.69 Å². The SMILES string of the molecule is O=C(C1CCN(S(=O)(=O)c2ccc([N+](=O)[O-])cc2)CC1)N1CCN(Cc2cccc(F)c2F)CC1. The Morgan fingerprint density at radius 2 is 1.60 bits per heavy atom. The third-order valence-corrected chi connectivity index (χ3v) is 8.51. The van der Waals surface area contributed by atoms with Crippen LogP contribution >= 0.6 is 0 Å². The molecular formula is C23H26F2N4O5S. The Balaban J connectivity index is 1.28. The molecule has 2 saturated heterocycles. The second kappa shape index (κ2) is 10.3. The van der Waals surface area contributed by atoms with E-state index >= 15 is 0 Å². The molecule has 12 heteroatoms. The molecular weight excluding hydrogens is 482 g/mol. The Labute approximate surface area is 202 Å². The lowest BCUT2D eigenvalue weighted by molar-refractivity contribution is -0.384. The summed E-state index contributed by atoms with van der Waals surface area (Å²) in [4.78, 5) is 26.9. The number of nitrogens with zero attached hydrogens (tertiary/aromatic N) is 4. The lowest BCUT2D eigenvalue weighted by Gasteiger charge is -2.38. The zero-order valence-electron chi connectivity index (χ0n) is 19.0. The van der Waals surface area contributed by atoms with Crippen LogP contribution in [0, 0.1) is 27.7 Å². The van der Waals surface area contributed by atoms with E-state index in [0.717, 1.165) is 18.2 Å². The maximum absolute atomic E-state index is 13.9. The van der Waals surface area contributed by atoms with Gasteiger partial charge in [0.15, 0.2) is 11.6 Å². The van der Waals surface area contributed by atoms with Gasteiger partial charge in [-0.05, 0) is 31.0 Å². The molecule has 1 amide bonds. The van der Waals surface area contributed by atoms with Crippen LogP contribution in [0.15, 0.2) is 47.4 Å². The van der Waals surface area contributed by atoms with Crippen molar-refractivity contribution in [1.82, 2.24) is 14.1 Å². The van der Waals surface area contributed by atoms with Crippen molar-refractivity contribution >= 4 is 21.6 Å². The Morgan fingerprint density at radius 1 is 0.971 bits per heavy atom. The number of nitro benzene ring substituents is 1. The second-order valence-electron chi connectivity index (χ2n) is 8.74. The lowest BCUT2D eigenvalue weighted by Crippen LogP contribution is -2.51. The van der Waals surface area contributed by atoms with Gasteiger partial charge in [0.1, 0.15) is 0 Å². The van der Waals surface area contributed by atoms with Crippen LogP contribution in [0.2, 0.25) is 0 Å². The highest BCUT2D eigenvalue weighted by Crippen LogP contribution is 2.27. The minimum atomic E-state index is -3.80. The minimum absolute atomic E-state index is 0.0151. The van der Waals surface area contributed by atoms with E-state index in [4.69, 9.17) is 0 Å². The highest BCUT2D eigenvalue weighted by Gasteiger charge is 2.35. The number of hydrogen-bond donors (Lipinski definition) is 0. The monoisotopic (exact) mass is 508 g/mol. The molecule has 188 valence electrons. The topological polar surface area (TPSA) is 104 Å². The van der Waals surface area contributed by atoms with Gasteiger partial charge in [-0.25, -0.2) is 17.2 Å². The van der Waals surface area contributed by atoms with Crippen molar-refractivity contribution in [3.05, 3.63) is 69.8 Å². The molecule has 0 aromatic heterocycles. The molecule has 2 aliphatic rings. The van der Waals surface area contributed by atoms with Gasteiger partial charge in [0, 0.05) is 69.4 Å². The molecule has 0 radical (unpaired) electrons. The summed E-state index contributed by atoms with van der Waals surface area (Å²) in [6.07, 6.45) is 0.777. The third-order valence-electron chi connectivity index (χ3n) is 6.60. The van der Waals surface area contributed by atoms with Crippen LogP contribution < -0.4 is 0 Å². The molecule has 0 atom stereocenters. The third kappa shape index (κ3) is 5.49. The fourth-order valence-corrected chi connectivity index (χ4v) is 6.00. The van der Waals surface area contributed by atoms with Gasteiger partial charge in [0.2, 0.25) is 15.9 Å².